The van der Waals surface area contributed by atoms with Gasteiger partial charge < -0.3 is 10.4 Å². The summed E-state index contributed by atoms with van der Waals surface area (Å²) in [5, 5.41) is 11.3. The van der Waals surface area contributed by atoms with E-state index in [1.165, 1.54) is 0 Å². The van der Waals surface area contributed by atoms with E-state index in [1.807, 2.05) is 0 Å². The number of unbranched alkanes of at least 4 members (excludes halogenated alkanes) is 2. The van der Waals surface area contributed by atoms with Gasteiger partial charge in [-0.2, -0.15) is 0 Å². The molecule has 0 unspecified atom stereocenters. The Balaban J connectivity index is -0.000000177. The molecule has 0 aromatic heterocycles. The molecule has 4 heteroatoms. The number of carboxylic acids is 1. The minimum atomic E-state index is -0.682. The first kappa shape index (κ1) is 19.6. The molecule has 0 heterocycles. The molecular weight excluding hydrogens is 217 g/mol. The van der Waals surface area contributed by atoms with Crippen molar-refractivity contribution in [3.63, 3.8) is 0 Å². The van der Waals surface area contributed by atoms with Crippen molar-refractivity contribution < 1.29 is 28.5 Å². The van der Waals surface area contributed by atoms with Crippen molar-refractivity contribution in [2.45, 2.75) is 46.5 Å². The summed E-state index contributed by atoms with van der Waals surface area (Å²) in [4.78, 5) is 9.87. The van der Waals surface area contributed by atoms with Gasteiger partial charge in [0.25, 0.3) is 0 Å². The number of hydrogen-bond acceptors (Lipinski definition) is 2. The third kappa shape index (κ3) is 29.6. The van der Waals surface area contributed by atoms with Crippen LogP contribution in [0, 0.1) is 0 Å². The van der Waals surface area contributed by atoms with Crippen molar-refractivity contribution in [2.24, 2.45) is 0 Å². The van der Waals surface area contributed by atoms with Gasteiger partial charge in [-0.25, -0.2) is 0 Å². The number of rotatable bonds is 6. The molecule has 14 heavy (non-hydrogen) atoms. The molecule has 0 aliphatic rings. The van der Waals surface area contributed by atoms with Gasteiger partial charge in [-0.05, 0) is 19.5 Å². The molecular formula is C10H23NO2V. The van der Waals surface area contributed by atoms with Crippen molar-refractivity contribution in [3.05, 3.63) is 0 Å². The molecule has 85 valence electrons. The standard InChI is InChI=1S/C6H12O2.C4H11N.V/c1-2-3-4-5-6(7)8;1-3-5-4-2;/h2-5H2,1H3,(H,7,8);5H,3-4H2,1-2H3;. The van der Waals surface area contributed by atoms with E-state index in [4.69, 9.17) is 5.11 Å². The van der Waals surface area contributed by atoms with E-state index in [1.54, 1.807) is 0 Å². The average Bonchev–Trinajstić information content (AvgIpc) is 2.07. The Morgan fingerprint density at radius 3 is 1.86 bits per heavy atom. The Morgan fingerprint density at radius 1 is 1.14 bits per heavy atom. The van der Waals surface area contributed by atoms with Crippen molar-refractivity contribution in [1.82, 2.24) is 5.32 Å². The Hall–Kier alpha value is 0.0144. The second kappa shape index (κ2) is 18.7. The average molecular weight is 240 g/mol. The van der Waals surface area contributed by atoms with Crippen LogP contribution < -0.4 is 5.32 Å². The molecule has 0 aromatic rings. The van der Waals surface area contributed by atoms with Gasteiger partial charge in [0.15, 0.2) is 0 Å². The second-order valence-corrected chi connectivity index (χ2v) is 2.81. The molecule has 3 nitrogen and oxygen atoms in total. The molecule has 0 rings (SSSR count). The van der Waals surface area contributed by atoms with Gasteiger partial charge in [0.2, 0.25) is 0 Å². The minimum absolute atomic E-state index is 0. The van der Waals surface area contributed by atoms with E-state index in [0.29, 0.717) is 6.42 Å². The van der Waals surface area contributed by atoms with Gasteiger partial charge in [-0.3, -0.25) is 4.79 Å². The van der Waals surface area contributed by atoms with E-state index in [0.717, 1.165) is 32.4 Å². The minimum Gasteiger partial charge on any atom is -0.481 e. The molecule has 0 aromatic carbocycles. The van der Waals surface area contributed by atoms with E-state index in [-0.39, 0.29) is 18.6 Å². The first-order valence-electron chi connectivity index (χ1n) is 5.11. The predicted octanol–water partition coefficient (Wildman–Crippen LogP) is 2.26. The smallest absolute Gasteiger partial charge is 0.303 e. The maximum Gasteiger partial charge on any atom is 0.303 e. The first-order valence-corrected chi connectivity index (χ1v) is 5.11. The molecule has 0 saturated carbocycles. The zero-order chi connectivity index (χ0) is 10.5. The maximum absolute atomic E-state index is 9.87. The number of aliphatic carboxylic acids is 1. The van der Waals surface area contributed by atoms with Gasteiger partial charge in [0.05, 0.1) is 0 Å². The van der Waals surface area contributed by atoms with E-state index >= 15 is 0 Å². The van der Waals surface area contributed by atoms with Gasteiger partial charge in [-0.1, -0.05) is 33.6 Å². The van der Waals surface area contributed by atoms with Crippen LogP contribution in [0.3, 0.4) is 0 Å². The zero-order valence-corrected chi connectivity index (χ0v) is 10.9. The third-order valence-electron chi connectivity index (χ3n) is 1.49. The monoisotopic (exact) mass is 240 g/mol. The molecule has 2 N–H and O–H groups in total. The topological polar surface area (TPSA) is 49.3 Å². The molecule has 0 aliphatic heterocycles. The predicted molar refractivity (Wildman–Crippen MR) is 56.0 cm³/mol. The number of carbonyl (C=O) groups is 1. The molecule has 0 aliphatic carbocycles. The molecule has 0 amide bonds. The summed E-state index contributed by atoms with van der Waals surface area (Å²) in [5.41, 5.74) is 0. The SMILES string of the molecule is CCCCCC(=O)O.CCNCC.[V]. The fourth-order valence-electron chi connectivity index (χ4n) is 0.776. The molecule has 0 saturated heterocycles. The van der Waals surface area contributed by atoms with Crippen LogP contribution in [0.4, 0.5) is 0 Å². The van der Waals surface area contributed by atoms with E-state index in [9.17, 15) is 4.79 Å². The molecule has 1 radical (unpaired) electrons. The van der Waals surface area contributed by atoms with E-state index in [2.05, 4.69) is 26.1 Å². The van der Waals surface area contributed by atoms with Crippen LogP contribution >= 0.6 is 0 Å². The number of hydrogen-bond donors (Lipinski definition) is 2. The van der Waals surface area contributed by atoms with Crippen LogP contribution in [0.1, 0.15) is 46.5 Å². The third-order valence-corrected chi connectivity index (χ3v) is 1.49. The Morgan fingerprint density at radius 2 is 1.64 bits per heavy atom. The summed E-state index contributed by atoms with van der Waals surface area (Å²) in [6, 6.07) is 0. The summed E-state index contributed by atoms with van der Waals surface area (Å²) >= 11 is 0. The van der Waals surface area contributed by atoms with Crippen molar-refractivity contribution in [3.8, 4) is 0 Å². The van der Waals surface area contributed by atoms with Crippen LogP contribution in [-0.2, 0) is 23.4 Å². The summed E-state index contributed by atoms with van der Waals surface area (Å²) in [7, 11) is 0. The van der Waals surface area contributed by atoms with Crippen molar-refractivity contribution >= 4 is 5.97 Å². The van der Waals surface area contributed by atoms with Gasteiger partial charge >= 0.3 is 5.97 Å². The molecule has 0 bridgehead atoms. The van der Waals surface area contributed by atoms with Crippen LogP contribution in [-0.4, -0.2) is 24.2 Å². The first-order chi connectivity index (χ1) is 6.18. The Labute approximate surface area is 99.5 Å². The Kier molecular flexibility index (Phi) is 26.2. The molecule has 0 fully saturated rings. The van der Waals surface area contributed by atoms with Crippen LogP contribution in [0.25, 0.3) is 0 Å². The fourth-order valence-corrected chi connectivity index (χ4v) is 0.776. The van der Waals surface area contributed by atoms with Crippen LogP contribution in [0.5, 0.6) is 0 Å². The zero-order valence-electron chi connectivity index (χ0n) is 9.55. The van der Waals surface area contributed by atoms with E-state index < -0.39 is 5.97 Å². The van der Waals surface area contributed by atoms with Crippen LogP contribution in [0.2, 0.25) is 0 Å². The number of nitrogens with one attached hydrogen (secondary N) is 1. The summed E-state index contributed by atoms with van der Waals surface area (Å²) < 4.78 is 0. The molecule has 0 spiro atoms. The number of carboxylic acid groups (broad SMARTS) is 1. The largest absolute Gasteiger partial charge is 0.481 e. The quantitative estimate of drug-likeness (QED) is 0.700. The van der Waals surface area contributed by atoms with Crippen molar-refractivity contribution in [2.75, 3.05) is 13.1 Å². The maximum atomic E-state index is 9.87. The molecule has 0 atom stereocenters. The van der Waals surface area contributed by atoms with Gasteiger partial charge in [-0.15, -0.1) is 0 Å². The van der Waals surface area contributed by atoms with Gasteiger partial charge in [0, 0.05) is 25.0 Å². The van der Waals surface area contributed by atoms with Crippen molar-refractivity contribution in [1.29, 1.82) is 0 Å². The summed E-state index contributed by atoms with van der Waals surface area (Å²) in [5.74, 6) is -0.682. The van der Waals surface area contributed by atoms with Crippen LogP contribution in [0.15, 0.2) is 0 Å². The second-order valence-electron chi connectivity index (χ2n) is 2.81. The Bertz CT molecular complexity index is 108. The normalized spacial score (nSPS) is 8.21. The summed E-state index contributed by atoms with van der Waals surface area (Å²) in [6.45, 7) is 8.45. The summed E-state index contributed by atoms with van der Waals surface area (Å²) in [6.07, 6.45) is 3.28. The van der Waals surface area contributed by atoms with Gasteiger partial charge in [0.1, 0.15) is 0 Å². The fraction of sp³-hybridized carbons (Fsp3) is 0.900.